The quantitative estimate of drug-likeness (QED) is 0.838. The minimum Gasteiger partial charge on any atom is -0.321 e. The predicted octanol–water partition coefficient (Wildman–Crippen LogP) is 4.85. The molecule has 110 valence electrons. The number of hydrogen-bond acceptors (Lipinski definition) is 1. The van der Waals surface area contributed by atoms with Gasteiger partial charge in [0.25, 0.3) is 5.56 Å². The van der Waals surface area contributed by atoms with Crippen LogP contribution in [0.2, 0.25) is 0 Å². The van der Waals surface area contributed by atoms with Crippen molar-refractivity contribution in [3.63, 3.8) is 0 Å². The van der Waals surface area contributed by atoms with Gasteiger partial charge in [-0.05, 0) is 42.4 Å². The topological polar surface area (TPSA) is 32.9 Å². The highest BCUT2D eigenvalue weighted by Gasteiger charge is 2.22. The van der Waals surface area contributed by atoms with E-state index in [-0.39, 0.29) is 5.56 Å². The number of H-pyrrole nitrogens is 1. The molecule has 1 heterocycles. The summed E-state index contributed by atoms with van der Waals surface area (Å²) in [7, 11) is 0. The van der Waals surface area contributed by atoms with Crippen molar-refractivity contribution in [2.75, 3.05) is 0 Å². The molecule has 0 saturated carbocycles. The van der Waals surface area contributed by atoms with Crippen LogP contribution < -0.4 is 5.56 Å². The van der Waals surface area contributed by atoms with E-state index < -0.39 is 0 Å². The van der Waals surface area contributed by atoms with Crippen LogP contribution >= 0.6 is 0 Å². The lowest BCUT2D eigenvalue weighted by molar-refractivity contribution is 1.04. The fourth-order valence-electron chi connectivity index (χ4n) is 2.92. The fourth-order valence-corrected chi connectivity index (χ4v) is 2.92. The summed E-state index contributed by atoms with van der Waals surface area (Å²) in [6.45, 7) is 8.18. The van der Waals surface area contributed by atoms with Crippen LogP contribution in [0.5, 0.6) is 0 Å². The standard InChI is InChI=1S/C17H17NO.C2H6/c1-3-7-12-11(4-2)10-15-13-8-5-6-9-14(13)17(19)18-16(12)15;1-2/h3,5-9H,4,10H2,1-2H3,(H,18,19);1-2H3/b7-3-;. The molecule has 1 aromatic carbocycles. The number of aromatic nitrogens is 1. The molecule has 1 aromatic heterocycles. The molecule has 0 fully saturated rings. The summed E-state index contributed by atoms with van der Waals surface area (Å²) in [4.78, 5) is 15.2. The summed E-state index contributed by atoms with van der Waals surface area (Å²) in [6.07, 6.45) is 6.11. The Morgan fingerprint density at radius 1 is 1.19 bits per heavy atom. The average molecular weight is 281 g/mol. The van der Waals surface area contributed by atoms with E-state index in [0.29, 0.717) is 0 Å². The van der Waals surface area contributed by atoms with Gasteiger partial charge < -0.3 is 4.98 Å². The van der Waals surface area contributed by atoms with Crippen LogP contribution in [-0.2, 0) is 6.42 Å². The molecule has 2 nitrogen and oxygen atoms in total. The normalized spacial score (nSPS) is 13.5. The molecule has 1 aliphatic carbocycles. The van der Waals surface area contributed by atoms with E-state index in [2.05, 4.69) is 24.1 Å². The molecule has 0 spiro atoms. The molecule has 2 aromatic rings. The highest BCUT2D eigenvalue weighted by atomic mass is 16.1. The highest BCUT2D eigenvalue weighted by molar-refractivity contribution is 5.93. The van der Waals surface area contributed by atoms with Crippen molar-refractivity contribution in [3.8, 4) is 0 Å². The molecule has 0 amide bonds. The number of hydrogen-bond donors (Lipinski definition) is 1. The summed E-state index contributed by atoms with van der Waals surface area (Å²) in [5.41, 5.74) is 4.88. The van der Waals surface area contributed by atoms with Gasteiger partial charge in [0.15, 0.2) is 0 Å². The molecule has 21 heavy (non-hydrogen) atoms. The first-order chi connectivity index (χ1) is 10.3. The molecule has 0 radical (unpaired) electrons. The van der Waals surface area contributed by atoms with Gasteiger partial charge in [-0.25, -0.2) is 0 Å². The smallest absolute Gasteiger partial charge is 0.256 e. The van der Waals surface area contributed by atoms with E-state index in [9.17, 15) is 4.79 Å². The minimum absolute atomic E-state index is 0.00806. The number of allylic oxidation sites excluding steroid dienone is 4. The Labute approximate surface area is 126 Å². The van der Waals surface area contributed by atoms with Crippen molar-refractivity contribution in [1.29, 1.82) is 0 Å². The van der Waals surface area contributed by atoms with Gasteiger partial charge in [0.1, 0.15) is 0 Å². The van der Waals surface area contributed by atoms with Crippen molar-refractivity contribution in [1.82, 2.24) is 4.98 Å². The van der Waals surface area contributed by atoms with Gasteiger partial charge >= 0.3 is 0 Å². The van der Waals surface area contributed by atoms with E-state index in [4.69, 9.17) is 0 Å². The zero-order valence-electron chi connectivity index (χ0n) is 13.3. The maximum atomic E-state index is 12.2. The molecule has 1 aliphatic rings. The average Bonchev–Trinajstić information content (AvgIpc) is 2.88. The predicted molar refractivity (Wildman–Crippen MR) is 91.6 cm³/mol. The molecule has 3 rings (SSSR count). The Morgan fingerprint density at radius 3 is 2.48 bits per heavy atom. The Kier molecular flexibility index (Phi) is 4.79. The van der Waals surface area contributed by atoms with Crippen molar-refractivity contribution >= 4 is 16.3 Å². The fraction of sp³-hybridized carbons (Fsp3) is 0.316. The monoisotopic (exact) mass is 281 g/mol. The van der Waals surface area contributed by atoms with E-state index in [0.717, 1.165) is 29.3 Å². The Hall–Kier alpha value is -2.09. The third-order valence-corrected chi connectivity index (χ3v) is 3.84. The summed E-state index contributed by atoms with van der Waals surface area (Å²) >= 11 is 0. The van der Waals surface area contributed by atoms with Crippen LogP contribution in [-0.4, -0.2) is 4.98 Å². The molecular weight excluding hydrogens is 258 g/mol. The van der Waals surface area contributed by atoms with Crippen LogP contribution in [0, 0.1) is 0 Å². The summed E-state index contributed by atoms with van der Waals surface area (Å²) < 4.78 is 0. The lowest BCUT2D eigenvalue weighted by Crippen LogP contribution is -2.10. The largest absolute Gasteiger partial charge is 0.321 e. The number of nitrogens with one attached hydrogen (secondary N) is 1. The lowest BCUT2D eigenvalue weighted by atomic mass is 10.0. The Bertz CT molecular complexity index is 763. The van der Waals surface area contributed by atoms with Crippen LogP contribution in [0.3, 0.4) is 0 Å². The molecular formula is C19H23NO. The van der Waals surface area contributed by atoms with Gasteiger partial charge in [-0.2, -0.15) is 0 Å². The van der Waals surface area contributed by atoms with E-state index in [1.807, 2.05) is 45.0 Å². The van der Waals surface area contributed by atoms with Gasteiger partial charge in [-0.15, -0.1) is 0 Å². The van der Waals surface area contributed by atoms with Crippen LogP contribution in [0.25, 0.3) is 16.3 Å². The van der Waals surface area contributed by atoms with Crippen LogP contribution in [0.1, 0.15) is 45.4 Å². The first kappa shape index (κ1) is 15.3. The first-order valence-electron chi connectivity index (χ1n) is 7.75. The zero-order chi connectivity index (χ0) is 15.4. The van der Waals surface area contributed by atoms with Gasteiger partial charge in [0.05, 0.1) is 5.69 Å². The van der Waals surface area contributed by atoms with Crippen LogP contribution in [0.4, 0.5) is 0 Å². The van der Waals surface area contributed by atoms with Gasteiger partial charge in [0.2, 0.25) is 0 Å². The Balaban J connectivity index is 0.000000774. The third kappa shape index (κ3) is 2.58. The maximum Gasteiger partial charge on any atom is 0.256 e. The number of benzene rings is 1. The number of pyridine rings is 1. The summed E-state index contributed by atoms with van der Waals surface area (Å²) in [6, 6.07) is 7.87. The number of aromatic amines is 1. The summed E-state index contributed by atoms with van der Waals surface area (Å²) in [5.74, 6) is 0. The second-order valence-electron chi connectivity index (χ2n) is 4.90. The second-order valence-corrected chi connectivity index (χ2v) is 4.90. The minimum atomic E-state index is 0.00806. The molecule has 0 aliphatic heterocycles. The van der Waals surface area contributed by atoms with Crippen molar-refractivity contribution < 1.29 is 0 Å². The van der Waals surface area contributed by atoms with Gasteiger partial charge in [-0.1, -0.05) is 56.7 Å². The number of rotatable bonds is 2. The van der Waals surface area contributed by atoms with Crippen molar-refractivity contribution in [2.24, 2.45) is 0 Å². The highest BCUT2D eigenvalue weighted by Crippen LogP contribution is 2.36. The van der Waals surface area contributed by atoms with E-state index in [1.165, 1.54) is 16.7 Å². The SMILES string of the molecule is C/C=C\C1=C(CC)Cc2c1[nH]c(=O)c1ccccc21.CC. The summed E-state index contributed by atoms with van der Waals surface area (Å²) in [5, 5.41) is 1.88. The Morgan fingerprint density at radius 2 is 1.86 bits per heavy atom. The molecule has 0 atom stereocenters. The van der Waals surface area contributed by atoms with E-state index in [1.54, 1.807) is 0 Å². The van der Waals surface area contributed by atoms with Crippen LogP contribution in [0.15, 0.2) is 46.8 Å². The van der Waals surface area contributed by atoms with Gasteiger partial charge in [0, 0.05) is 5.39 Å². The van der Waals surface area contributed by atoms with E-state index >= 15 is 0 Å². The second kappa shape index (κ2) is 6.57. The zero-order valence-corrected chi connectivity index (χ0v) is 13.3. The molecule has 0 bridgehead atoms. The molecule has 0 saturated heterocycles. The van der Waals surface area contributed by atoms with Crippen molar-refractivity contribution in [3.05, 3.63) is 63.6 Å². The third-order valence-electron chi connectivity index (χ3n) is 3.84. The van der Waals surface area contributed by atoms with Crippen molar-refractivity contribution in [2.45, 2.75) is 40.5 Å². The first-order valence-corrected chi connectivity index (χ1v) is 7.75. The maximum absolute atomic E-state index is 12.2. The number of fused-ring (bicyclic) bond motifs is 3. The molecule has 0 unspecified atom stereocenters. The molecule has 2 heteroatoms. The van der Waals surface area contributed by atoms with Gasteiger partial charge in [-0.3, -0.25) is 4.79 Å². The molecule has 1 N–H and O–H groups in total. The lowest BCUT2D eigenvalue weighted by Gasteiger charge is -2.06.